The number of hydrogen-bond acceptors (Lipinski definition) is 6. The van der Waals surface area contributed by atoms with Gasteiger partial charge in [-0.05, 0) is 37.7 Å². The van der Waals surface area contributed by atoms with Crippen LogP contribution < -0.4 is 10.6 Å². The lowest BCUT2D eigenvalue weighted by Gasteiger charge is -2.12. The van der Waals surface area contributed by atoms with Gasteiger partial charge in [0, 0.05) is 13.1 Å². The third-order valence-corrected chi connectivity index (χ3v) is 6.19. The van der Waals surface area contributed by atoms with Crippen LogP contribution in [-0.2, 0) is 11.3 Å². The van der Waals surface area contributed by atoms with Crippen molar-refractivity contribution in [1.82, 2.24) is 15.5 Å². The lowest BCUT2D eigenvalue weighted by atomic mass is 9.97. The Morgan fingerprint density at radius 1 is 1.19 bits per heavy atom. The largest absolute Gasteiger partial charge is 0.356 e. The number of carbonyl (C=O) groups is 1. The fourth-order valence-corrected chi connectivity index (χ4v) is 4.36. The molecule has 7 heteroatoms. The highest BCUT2D eigenvalue weighted by Crippen LogP contribution is 2.25. The van der Waals surface area contributed by atoms with E-state index >= 15 is 0 Å². The van der Waals surface area contributed by atoms with Gasteiger partial charge in [-0.15, -0.1) is 10.2 Å². The lowest BCUT2D eigenvalue weighted by molar-refractivity contribution is -0.118. The van der Waals surface area contributed by atoms with Gasteiger partial charge in [0.15, 0.2) is 4.34 Å². The molecule has 1 heterocycles. The second-order valence-electron chi connectivity index (χ2n) is 6.21. The fraction of sp³-hybridized carbons (Fsp3) is 0.421. The van der Waals surface area contributed by atoms with E-state index in [0.29, 0.717) is 5.75 Å². The number of nitrogens with zero attached hydrogens (tertiary/aromatic N) is 2. The molecule has 0 atom stereocenters. The van der Waals surface area contributed by atoms with Crippen LogP contribution >= 0.6 is 23.1 Å². The molecule has 2 aromatic rings. The first-order valence-corrected chi connectivity index (χ1v) is 10.8. The Balaban J connectivity index is 1.33. The topological polar surface area (TPSA) is 66.9 Å². The summed E-state index contributed by atoms with van der Waals surface area (Å²) in [6.07, 6.45) is 8.27. The van der Waals surface area contributed by atoms with E-state index in [9.17, 15) is 4.79 Å². The van der Waals surface area contributed by atoms with Crippen LogP contribution in [0.5, 0.6) is 0 Å². The van der Waals surface area contributed by atoms with E-state index in [2.05, 4.69) is 39.0 Å². The Kier molecular flexibility index (Phi) is 7.51. The van der Waals surface area contributed by atoms with Crippen molar-refractivity contribution in [2.75, 3.05) is 17.6 Å². The molecule has 0 saturated carbocycles. The van der Waals surface area contributed by atoms with Gasteiger partial charge in [-0.3, -0.25) is 4.79 Å². The third-order valence-electron chi connectivity index (χ3n) is 4.17. The number of nitrogens with one attached hydrogen (secondary N) is 2. The number of benzene rings is 1. The van der Waals surface area contributed by atoms with Crippen LogP contribution in [-0.4, -0.2) is 28.4 Å². The van der Waals surface area contributed by atoms with Gasteiger partial charge in [-0.2, -0.15) is 0 Å². The highest BCUT2D eigenvalue weighted by atomic mass is 32.2. The van der Waals surface area contributed by atoms with Crippen molar-refractivity contribution < 1.29 is 4.79 Å². The fourth-order valence-electron chi connectivity index (χ4n) is 2.79. The molecule has 26 heavy (non-hydrogen) atoms. The molecule has 1 amide bonds. The molecule has 1 aromatic heterocycles. The summed E-state index contributed by atoms with van der Waals surface area (Å²) in [6.45, 7) is 1.45. The number of anilines is 1. The maximum atomic E-state index is 12.0. The maximum absolute atomic E-state index is 12.0. The Labute approximate surface area is 162 Å². The molecule has 138 valence electrons. The van der Waals surface area contributed by atoms with Gasteiger partial charge in [0.2, 0.25) is 11.0 Å². The van der Waals surface area contributed by atoms with Gasteiger partial charge in [0.05, 0.1) is 5.75 Å². The van der Waals surface area contributed by atoms with Crippen LogP contribution in [0, 0.1) is 0 Å². The summed E-state index contributed by atoms with van der Waals surface area (Å²) < 4.78 is 0.811. The highest BCUT2D eigenvalue weighted by Gasteiger charge is 2.09. The van der Waals surface area contributed by atoms with Gasteiger partial charge < -0.3 is 10.6 Å². The van der Waals surface area contributed by atoms with E-state index < -0.39 is 0 Å². The molecule has 0 saturated heterocycles. The minimum Gasteiger partial charge on any atom is -0.356 e. The van der Waals surface area contributed by atoms with Crippen molar-refractivity contribution in [3.8, 4) is 0 Å². The maximum Gasteiger partial charge on any atom is 0.230 e. The molecule has 2 N–H and O–H groups in total. The van der Waals surface area contributed by atoms with Crippen molar-refractivity contribution >= 4 is 34.1 Å². The molecule has 0 spiro atoms. The van der Waals surface area contributed by atoms with Crippen molar-refractivity contribution in [2.45, 2.75) is 43.0 Å². The number of aromatic nitrogens is 2. The summed E-state index contributed by atoms with van der Waals surface area (Å²) in [6, 6.07) is 10.2. The Morgan fingerprint density at radius 3 is 2.88 bits per heavy atom. The van der Waals surface area contributed by atoms with Crippen LogP contribution in [0.4, 0.5) is 5.13 Å². The van der Waals surface area contributed by atoms with Crippen LogP contribution in [0.1, 0.15) is 37.7 Å². The summed E-state index contributed by atoms with van der Waals surface area (Å²) in [7, 11) is 0. The first-order valence-electron chi connectivity index (χ1n) is 8.98. The number of thioether (sulfide) groups is 1. The zero-order chi connectivity index (χ0) is 18.0. The van der Waals surface area contributed by atoms with Crippen molar-refractivity contribution in [3.63, 3.8) is 0 Å². The van der Waals surface area contributed by atoms with Crippen molar-refractivity contribution in [2.24, 2.45) is 0 Å². The van der Waals surface area contributed by atoms with Gasteiger partial charge >= 0.3 is 0 Å². The summed E-state index contributed by atoms with van der Waals surface area (Å²) in [5, 5.41) is 15.3. The van der Waals surface area contributed by atoms with Crippen LogP contribution in [0.3, 0.4) is 0 Å². The Bertz CT molecular complexity index is 730. The van der Waals surface area contributed by atoms with E-state index in [1.54, 1.807) is 0 Å². The molecule has 1 aromatic carbocycles. The Morgan fingerprint density at radius 2 is 2.08 bits per heavy atom. The smallest absolute Gasteiger partial charge is 0.230 e. The third kappa shape index (κ3) is 6.46. The molecule has 0 radical (unpaired) electrons. The number of allylic oxidation sites excluding steroid dienone is 1. The summed E-state index contributed by atoms with van der Waals surface area (Å²) in [5.74, 6) is 0.437. The molecule has 0 fully saturated rings. The SMILES string of the molecule is O=C(CSc1nnc(NCc2ccccc2)s1)NCCC1=CCCCC1. The number of carbonyl (C=O) groups excluding carboxylic acids is 1. The quantitative estimate of drug-likeness (QED) is 0.496. The zero-order valence-corrected chi connectivity index (χ0v) is 16.4. The molecule has 0 unspecified atom stereocenters. The summed E-state index contributed by atoms with van der Waals surface area (Å²) >= 11 is 2.92. The standard InChI is InChI=1S/C19H24N4OS2/c24-17(20-12-11-15-7-3-1-4-8-15)14-25-19-23-22-18(26-19)21-13-16-9-5-2-6-10-16/h2,5-7,9-10H,1,3-4,8,11-14H2,(H,20,24)(H,21,22). The molecule has 0 bridgehead atoms. The minimum absolute atomic E-state index is 0.0559. The van der Waals surface area contributed by atoms with Gasteiger partial charge in [0.25, 0.3) is 0 Å². The number of amides is 1. The predicted molar refractivity (Wildman–Crippen MR) is 109 cm³/mol. The molecular weight excluding hydrogens is 364 g/mol. The van der Waals surface area contributed by atoms with Gasteiger partial charge in [0.1, 0.15) is 0 Å². The molecule has 3 rings (SSSR count). The molecule has 1 aliphatic rings. The average molecular weight is 389 g/mol. The molecule has 5 nitrogen and oxygen atoms in total. The van der Waals surface area contributed by atoms with Gasteiger partial charge in [-0.25, -0.2) is 0 Å². The van der Waals surface area contributed by atoms with Crippen molar-refractivity contribution in [1.29, 1.82) is 0 Å². The Hall–Kier alpha value is -1.86. The highest BCUT2D eigenvalue weighted by molar-refractivity contribution is 8.01. The van der Waals surface area contributed by atoms with Crippen molar-refractivity contribution in [3.05, 3.63) is 47.5 Å². The lowest BCUT2D eigenvalue weighted by Crippen LogP contribution is -2.26. The van der Waals surface area contributed by atoms with Crippen LogP contribution in [0.15, 0.2) is 46.3 Å². The first-order chi connectivity index (χ1) is 12.8. The summed E-state index contributed by atoms with van der Waals surface area (Å²) in [4.78, 5) is 12.0. The molecular formula is C19H24N4OS2. The summed E-state index contributed by atoms with van der Waals surface area (Å²) in [5.41, 5.74) is 2.69. The van der Waals surface area contributed by atoms with E-state index in [0.717, 1.165) is 29.0 Å². The average Bonchev–Trinajstić information content (AvgIpc) is 3.14. The molecule has 0 aliphatic heterocycles. The zero-order valence-electron chi connectivity index (χ0n) is 14.7. The minimum atomic E-state index is 0.0559. The van der Waals surface area contributed by atoms with E-state index in [-0.39, 0.29) is 5.91 Å². The van der Waals surface area contributed by atoms with Crippen LogP contribution in [0.2, 0.25) is 0 Å². The second kappa shape index (κ2) is 10.3. The number of hydrogen-bond donors (Lipinski definition) is 2. The first kappa shape index (κ1) is 18.9. The van der Waals surface area contributed by atoms with E-state index in [1.807, 2.05) is 18.2 Å². The second-order valence-corrected chi connectivity index (χ2v) is 8.41. The van der Waals surface area contributed by atoms with E-state index in [1.165, 1.54) is 59.9 Å². The predicted octanol–water partition coefficient (Wildman–Crippen LogP) is 4.25. The monoisotopic (exact) mass is 388 g/mol. The molecule has 1 aliphatic carbocycles. The van der Waals surface area contributed by atoms with E-state index in [4.69, 9.17) is 0 Å². The number of rotatable bonds is 9. The van der Waals surface area contributed by atoms with Crippen LogP contribution in [0.25, 0.3) is 0 Å². The van der Waals surface area contributed by atoms with Gasteiger partial charge in [-0.1, -0.05) is 65.1 Å². The normalized spacial score (nSPS) is 13.9.